The molecule has 0 spiro atoms. The average Bonchev–Trinajstić information content (AvgIpc) is 3.35. The molecule has 33 heavy (non-hydrogen) atoms. The number of carbonyl (C=O) groups is 3. The van der Waals surface area contributed by atoms with Crippen molar-refractivity contribution < 1.29 is 29.3 Å². The molecule has 178 valence electrons. The second-order valence-electron chi connectivity index (χ2n) is 8.35. The van der Waals surface area contributed by atoms with Gasteiger partial charge in [-0.15, -0.1) is 0 Å². The van der Waals surface area contributed by atoms with E-state index in [4.69, 9.17) is 26.6 Å². The fourth-order valence-corrected chi connectivity index (χ4v) is 3.77. The highest BCUT2D eigenvalue weighted by molar-refractivity contribution is 6.30. The Balaban J connectivity index is 0.000000414. The standard InChI is InChI=1S/C19H24ClN3O2.C4H4O4/c1-18(2)13-25-19(3,23(18)17(24)22-12-11-21-14-22)10-4-5-15-6-8-16(20)9-7-15;5-3(6)1-2-4(7)8/h6-9,11-12,14H,4-5,10,13H2,1-3H3;1-2H,(H,5,6)(H,7,8)/b;2-1+. The number of aryl methyl sites for hydroxylation is 1. The number of carbonyl (C=O) groups excluding carboxylic acids is 1. The number of rotatable bonds is 6. The van der Waals surface area contributed by atoms with Gasteiger partial charge in [-0.3, -0.25) is 9.47 Å². The van der Waals surface area contributed by atoms with Gasteiger partial charge < -0.3 is 14.9 Å². The molecule has 1 aliphatic heterocycles. The maximum atomic E-state index is 13.0. The van der Waals surface area contributed by atoms with Crippen LogP contribution < -0.4 is 0 Å². The van der Waals surface area contributed by atoms with Crippen LogP contribution in [0.2, 0.25) is 5.02 Å². The smallest absolute Gasteiger partial charge is 0.332 e. The molecule has 1 aromatic heterocycles. The van der Waals surface area contributed by atoms with E-state index in [1.807, 2.05) is 49.9 Å². The van der Waals surface area contributed by atoms with Crippen molar-refractivity contribution in [2.75, 3.05) is 6.61 Å². The molecule has 1 amide bonds. The Morgan fingerprint density at radius 1 is 1.12 bits per heavy atom. The first kappa shape index (κ1) is 26.1. The molecular formula is C23H28ClN3O6. The summed E-state index contributed by atoms with van der Waals surface area (Å²) in [6.45, 7) is 6.59. The summed E-state index contributed by atoms with van der Waals surface area (Å²) < 4.78 is 7.60. The van der Waals surface area contributed by atoms with E-state index in [0.717, 1.165) is 24.3 Å². The molecule has 3 rings (SSSR count). The number of hydrogen-bond acceptors (Lipinski definition) is 5. The SMILES string of the molecule is CC1(C)COC(C)(CCCc2ccc(Cl)cc2)N1C(=O)n1ccnc1.O=C(O)/C=C/C(=O)O. The molecule has 2 aromatic rings. The van der Waals surface area contributed by atoms with Crippen molar-refractivity contribution in [1.82, 2.24) is 14.5 Å². The molecule has 2 N–H and O–H groups in total. The summed E-state index contributed by atoms with van der Waals surface area (Å²) in [6, 6.07) is 7.79. The maximum absolute atomic E-state index is 13.0. The minimum Gasteiger partial charge on any atom is -0.478 e. The van der Waals surface area contributed by atoms with Gasteiger partial charge in [0, 0.05) is 29.6 Å². The van der Waals surface area contributed by atoms with Crippen molar-refractivity contribution in [3.63, 3.8) is 0 Å². The fraction of sp³-hybridized carbons (Fsp3) is 0.391. The van der Waals surface area contributed by atoms with Gasteiger partial charge in [0.15, 0.2) is 0 Å². The van der Waals surface area contributed by atoms with E-state index in [1.165, 1.54) is 16.5 Å². The molecule has 9 nitrogen and oxygen atoms in total. The Bertz CT molecular complexity index is 972. The zero-order chi connectivity index (χ0) is 24.6. The number of carboxylic acids is 2. The number of aromatic nitrogens is 2. The Hall–Kier alpha value is -3.17. The lowest BCUT2D eigenvalue weighted by Gasteiger charge is -2.39. The van der Waals surface area contributed by atoms with Gasteiger partial charge >= 0.3 is 18.0 Å². The van der Waals surface area contributed by atoms with Gasteiger partial charge in [-0.1, -0.05) is 23.7 Å². The highest BCUT2D eigenvalue weighted by Gasteiger charge is 2.51. The zero-order valence-electron chi connectivity index (χ0n) is 18.8. The number of aliphatic carboxylic acids is 2. The van der Waals surface area contributed by atoms with Crippen molar-refractivity contribution in [3.8, 4) is 0 Å². The summed E-state index contributed by atoms with van der Waals surface area (Å²) in [7, 11) is 0. The molecule has 1 aromatic carbocycles. The van der Waals surface area contributed by atoms with Crippen LogP contribution in [0.3, 0.4) is 0 Å². The third-order valence-corrected chi connectivity index (χ3v) is 5.37. The predicted octanol–water partition coefficient (Wildman–Crippen LogP) is 4.07. The highest BCUT2D eigenvalue weighted by Crippen LogP contribution is 2.38. The normalized spacial score (nSPS) is 19.2. The molecule has 1 unspecified atom stereocenters. The van der Waals surface area contributed by atoms with E-state index in [2.05, 4.69) is 4.98 Å². The molecule has 0 bridgehead atoms. The topological polar surface area (TPSA) is 122 Å². The van der Waals surface area contributed by atoms with Gasteiger partial charge in [-0.05, 0) is 57.7 Å². The Labute approximate surface area is 197 Å². The molecule has 0 radical (unpaired) electrons. The van der Waals surface area contributed by atoms with Crippen molar-refractivity contribution in [3.05, 3.63) is 65.7 Å². The third-order valence-electron chi connectivity index (χ3n) is 5.12. The van der Waals surface area contributed by atoms with Crippen LogP contribution in [0, 0.1) is 0 Å². The average molecular weight is 478 g/mol. The Morgan fingerprint density at radius 3 is 2.24 bits per heavy atom. The van der Waals surface area contributed by atoms with Crippen LogP contribution in [0.4, 0.5) is 4.79 Å². The van der Waals surface area contributed by atoms with Crippen LogP contribution in [-0.2, 0) is 20.7 Å². The molecule has 2 heterocycles. The summed E-state index contributed by atoms with van der Waals surface area (Å²) in [5.41, 5.74) is 0.242. The number of benzene rings is 1. The summed E-state index contributed by atoms with van der Waals surface area (Å²) in [5.74, 6) is -2.51. The quantitative estimate of drug-likeness (QED) is 0.601. The van der Waals surface area contributed by atoms with Crippen molar-refractivity contribution in [2.45, 2.75) is 51.3 Å². The van der Waals surface area contributed by atoms with E-state index in [-0.39, 0.29) is 11.6 Å². The van der Waals surface area contributed by atoms with Crippen molar-refractivity contribution in [1.29, 1.82) is 0 Å². The van der Waals surface area contributed by atoms with Gasteiger partial charge in [0.2, 0.25) is 0 Å². The first-order valence-corrected chi connectivity index (χ1v) is 10.7. The van der Waals surface area contributed by atoms with Crippen LogP contribution in [0.1, 0.15) is 39.2 Å². The minimum atomic E-state index is -1.26. The van der Waals surface area contributed by atoms with Gasteiger partial charge in [-0.2, -0.15) is 0 Å². The predicted molar refractivity (Wildman–Crippen MR) is 122 cm³/mol. The number of hydrogen-bond donors (Lipinski definition) is 2. The Kier molecular flexibility index (Phi) is 8.78. The molecule has 10 heteroatoms. The van der Waals surface area contributed by atoms with Crippen molar-refractivity contribution in [2.24, 2.45) is 0 Å². The van der Waals surface area contributed by atoms with E-state index in [0.29, 0.717) is 18.8 Å². The minimum absolute atomic E-state index is 0.103. The fourth-order valence-electron chi connectivity index (χ4n) is 3.65. The lowest BCUT2D eigenvalue weighted by Crippen LogP contribution is -2.55. The number of ether oxygens (including phenoxy) is 1. The molecule has 1 fully saturated rings. The molecule has 1 saturated heterocycles. The van der Waals surface area contributed by atoms with Gasteiger partial charge in [0.1, 0.15) is 12.1 Å². The van der Waals surface area contributed by atoms with E-state index in [1.54, 1.807) is 12.4 Å². The van der Waals surface area contributed by atoms with Gasteiger partial charge in [0.05, 0.1) is 12.1 Å². The monoisotopic (exact) mass is 477 g/mol. The first-order valence-electron chi connectivity index (χ1n) is 10.3. The molecule has 1 atom stereocenters. The highest BCUT2D eigenvalue weighted by atomic mass is 35.5. The van der Waals surface area contributed by atoms with Gasteiger partial charge in [-0.25, -0.2) is 19.4 Å². The number of imidazole rings is 1. The molecule has 0 saturated carbocycles. The lowest BCUT2D eigenvalue weighted by atomic mass is 9.99. The summed E-state index contributed by atoms with van der Waals surface area (Å²) in [6.07, 6.45) is 8.53. The van der Waals surface area contributed by atoms with Crippen molar-refractivity contribution >= 4 is 29.6 Å². The number of halogens is 1. The number of amides is 1. The van der Waals surface area contributed by atoms with E-state index < -0.39 is 17.7 Å². The van der Waals surface area contributed by atoms with Crippen LogP contribution >= 0.6 is 11.6 Å². The van der Waals surface area contributed by atoms with Crippen LogP contribution in [0.5, 0.6) is 0 Å². The molecule has 0 aliphatic carbocycles. The second kappa shape index (κ2) is 11.1. The van der Waals surface area contributed by atoms with Crippen LogP contribution in [0.15, 0.2) is 55.1 Å². The zero-order valence-corrected chi connectivity index (χ0v) is 19.5. The molecular weight excluding hydrogens is 450 g/mol. The summed E-state index contributed by atoms with van der Waals surface area (Å²) in [4.78, 5) is 37.9. The van der Waals surface area contributed by atoms with Crippen LogP contribution in [-0.4, -0.2) is 60.5 Å². The lowest BCUT2D eigenvalue weighted by molar-refractivity contribution is -0.134. The van der Waals surface area contributed by atoms with Gasteiger partial charge in [0.25, 0.3) is 0 Å². The second-order valence-corrected chi connectivity index (χ2v) is 8.79. The maximum Gasteiger partial charge on any atom is 0.332 e. The Morgan fingerprint density at radius 2 is 1.73 bits per heavy atom. The molecule has 1 aliphatic rings. The summed E-state index contributed by atoms with van der Waals surface area (Å²) >= 11 is 5.93. The van der Waals surface area contributed by atoms with E-state index in [9.17, 15) is 14.4 Å². The number of carboxylic acid groups (broad SMARTS) is 2. The first-order chi connectivity index (χ1) is 15.4. The summed E-state index contributed by atoms with van der Waals surface area (Å²) in [5, 5.41) is 16.4. The van der Waals surface area contributed by atoms with Crippen LogP contribution in [0.25, 0.3) is 0 Å². The van der Waals surface area contributed by atoms with E-state index >= 15 is 0 Å². The third kappa shape index (κ3) is 7.44. The number of nitrogens with zero attached hydrogens (tertiary/aromatic N) is 3. The largest absolute Gasteiger partial charge is 0.478 e.